The van der Waals surface area contributed by atoms with Crippen LogP contribution in [0.2, 0.25) is 5.02 Å². The van der Waals surface area contributed by atoms with Crippen LogP contribution in [0.4, 0.5) is 11.5 Å². The fraction of sp³-hybridized carbons (Fsp3) is 0.353. The van der Waals surface area contributed by atoms with Crippen LogP contribution in [0.1, 0.15) is 26.3 Å². The molecule has 2 aromatic rings. The van der Waals surface area contributed by atoms with Gasteiger partial charge in [-0.1, -0.05) is 17.7 Å². The lowest BCUT2D eigenvalue weighted by atomic mass is 10.1. The van der Waals surface area contributed by atoms with Gasteiger partial charge in [-0.3, -0.25) is 9.59 Å². The monoisotopic (exact) mass is 346 g/mol. The number of benzene rings is 1. The number of anilines is 2. The van der Waals surface area contributed by atoms with Gasteiger partial charge in [0.15, 0.2) is 0 Å². The summed E-state index contributed by atoms with van der Waals surface area (Å²) >= 11 is 5.98. The second kappa shape index (κ2) is 6.65. The van der Waals surface area contributed by atoms with Gasteiger partial charge in [-0.2, -0.15) is 5.10 Å². The third-order valence-corrected chi connectivity index (χ3v) is 4.26. The normalized spacial score (nSPS) is 17.6. The van der Waals surface area contributed by atoms with Crippen LogP contribution >= 0.6 is 11.6 Å². The van der Waals surface area contributed by atoms with Crippen LogP contribution in [0.3, 0.4) is 0 Å². The summed E-state index contributed by atoms with van der Waals surface area (Å²) in [4.78, 5) is 26.4. The van der Waals surface area contributed by atoms with E-state index in [9.17, 15) is 9.59 Å². The summed E-state index contributed by atoms with van der Waals surface area (Å²) in [6.07, 6.45) is 1.84. The van der Waals surface area contributed by atoms with Crippen LogP contribution in [-0.4, -0.2) is 28.1 Å². The molecular weight excluding hydrogens is 328 g/mol. The van der Waals surface area contributed by atoms with Gasteiger partial charge in [0.1, 0.15) is 5.82 Å². The highest BCUT2D eigenvalue weighted by molar-refractivity contribution is 6.31. The summed E-state index contributed by atoms with van der Waals surface area (Å²) in [6, 6.07) is 8.99. The van der Waals surface area contributed by atoms with Crippen LogP contribution in [0, 0.1) is 5.92 Å². The van der Waals surface area contributed by atoms with E-state index in [1.807, 2.05) is 19.9 Å². The number of nitrogens with zero attached hydrogens (tertiary/aromatic N) is 3. The molecule has 7 heteroatoms. The summed E-state index contributed by atoms with van der Waals surface area (Å²) in [6.45, 7) is 4.33. The van der Waals surface area contributed by atoms with Crippen molar-refractivity contribution in [2.75, 3.05) is 16.8 Å². The minimum atomic E-state index is -0.396. The van der Waals surface area contributed by atoms with Crippen LogP contribution in [-0.2, 0) is 9.59 Å². The Kier molecular flexibility index (Phi) is 4.57. The molecule has 0 unspecified atom stereocenters. The Balaban J connectivity index is 1.71. The highest BCUT2D eigenvalue weighted by Crippen LogP contribution is 2.28. The fourth-order valence-electron chi connectivity index (χ4n) is 2.83. The topological polar surface area (TPSA) is 67.2 Å². The van der Waals surface area contributed by atoms with Gasteiger partial charge in [0.05, 0.1) is 12.1 Å². The van der Waals surface area contributed by atoms with Crippen LogP contribution < -0.4 is 10.2 Å². The minimum Gasteiger partial charge on any atom is -0.312 e. The largest absolute Gasteiger partial charge is 0.312 e. The molecule has 6 nitrogen and oxygen atoms in total. The van der Waals surface area contributed by atoms with Gasteiger partial charge in [-0.25, -0.2) is 4.68 Å². The van der Waals surface area contributed by atoms with Gasteiger partial charge in [0, 0.05) is 35.8 Å². The highest BCUT2D eigenvalue weighted by Gasteiger charge is 2.35. The molecule has 0 saturated carbocycles. The zero-order chi connectivity index (χ0) is 17.3. The zero-order valence-electron chi connectivity index (χ0n) is 13.6. The van der Waals surface area contributed by atoms with E-state index in [1.54, 1.807) is 40.0 Å². The van der Waals surface area contributed by atoms with E-state index in [0.29, 0.717) is 17.4 Å². The molecule has 3 rings (SSSR count). The average Bonchev–Trinajstić information content (AvgIpc) is 3.14. The molecule has 1 aromatic heterocycles. The van der Waals surface area contributed by atoms with Crippen molar-refractivity contribution in [1.82, 2.24) is 9.78 Å². The number of aromatic nitrogens is 2. The standard InChI is InChI=1S/C17H19ClN4O2/c1-11(2)22-15(6-7-19-22)20-17(24)12-8-16(23)21(10-12)14-5-3-4-13(18)9-14/h3-7,9,11-12H,8,10H2,1-2H3,(H,20,24)/t12-/m0/s1. The van der Waals surface area contributed by atoms with Crippen molar-refractivity contribution < 1.29 is 9.59 Å². The van der Waals surface area contributed by atoms with Gasteiger partial charge in [-0.15, -0.1) is 0 Å². The van der Waals surface area contributed by atoms with Crippen molar-refractivity contribution in [3.05, 3.63) is 41.6 Å². The second-order valence-corrected chi connectivity index (χ2v) is 6.57. The number of amides is 2. The fourth-order valence-corrected chi connectivity index (χ4v) is 3.01. The summed E-state index contributed by atoms with van der Waals surface area (Å²) in [7, 11) is 0. The van der Waals surface area contributed by atoms with Crippen molar-refractivity contribution in [1.29, 1.82) is 0 Å². The number of nitrogens with one attached hydrogen (secondary N) is 1. The van der Waals surface area contributed by atoms with Gasteiger partial charge in [0.2, 0.25) is 11.8 Å². The predicted octanol–water partition coefficient (Wildman–Crippen LogP) is 3.11. The van der Waals surface area contributed by atoms with Crippen LogP contribution in [0.25, 0.3) is 0 Å². The lowest BCUT2D eigenvalue weighted by Gasteiger charge is -2.17. The average molecular weight is 347 g/mol. The Morgan fingerprint density at radius 1 is 1.38 bits per heavy atom. The molecular formula is C17H19ClN4O2. The number of rotatable bonds is 4. The van der Waals surface area contributed by atoms with E-state index in [2.05, 4.69) is 10.4 Å². The van der Waals surface area contributed by atoms with Crippen molar-refractivity contribution in [2.24, 2.45) is 5.92 Å². The smallest absolute Gasteiger partial charge is 0.230 e. The Hall–Kier alpha value is -2.34. The molecule has 1 aliphatic rings. The Morgan fingerprint density at radius 2 is 2.17 bits per heavy atom. The molecule has 2 heterocycles. The quantitative estimate of drug-likeness (QED) is 0.924. The molecule has 1 aromatic carbocycles. The van der Waals surface area contributed by atoms with E-state index in [-0.39, 0.29) is 24.3 Å². The molecule has 126 valence electrons. The first-order chi connectivity index (χ1) is 11.5. The Labute approximate surface area is 145 Å². The van der Waals surface area contributed by atoms with Crippen molar-refractivity contribution >= 4 is 34.9 Å². The molecule has 0 radical (unpaired) electrons. The van der Waals surface area contributed by atoms with Gasteiger partial charge < -0.3 is 10.2 Å². The summed E-state index contributed by atoms with van der Waals surface area (Å²) < 4.78 is 1.74. The molecule has 1 atom stereocenters. The maximum absolute atomic E-state index is 12.5. The van der Waals surface area contributed by atoms with E-state index < -0.39 is 5.92 Å². The van der Waals surface area contributed by atoms with Crippen molar-refractivity contribution in [3.8, 4) is 0 Å². The zero-order valence-corrected chi connectivity index (χ0v) is 14.3. The third-order valence-electron chi connectivity index (χ3n) is 4.03. The Morgan fingerprint density at radius 3 is 2.88 bits per heavy atom. The van der Waals surface area contributed by atoms with E-state index in [1.165, 1.54) is 0 Å². The lowest BCUT2D eigenvalue weighted by Crippen LogP contribution is -2.28. The number of carbonyl (C=O) groups is 2. The third kappa shape index (κ3) is 3.28. The number of carbonyl (C=O) groups excluding carboxylic acids is 2. The molecule has 2 amide bonds. The van der Waals surface area contributed by atoms with E-state index in [4.69, 9.17) is 11.6 Å². The minimum absolute atomic E-state index is 0.0743. The van der Waals surface area contributed by atoms with Gasteiger partial charge in [-0.05, 0) is 32.0 Å². The number of hydrogen-bond acceptors (Lipinski definition) is 3. The molecule has 1 fully saturated rings. The van der Waals surface area contributed by atoms with Crippen LogP contribution in [0.15, 0.2) is 36.5 Å². The van der Waals surface area contributed by atoms with E-state index in [0.717, 1.165) is 5.69 Å². The molecule has 1 aliphatic heterocycles. The molecule has 0 spiro atoms. The SMILES string of the molecule is CC(C)n1nccc1NC(=O)[C@H]1CC(=O)N(c2cccc(Cl)c2)C1. The molecule has 1 saturated heterocycles. The van der Waals surface area contributed by atoms with Crippen molar-refractivity contribution in [2.45, 2.75) is 26.3 Å². The maximum atomic E-state index is 12.5. The molecule has 24 heavy (non-hydrogen) atoms. The first kappa shape index (κ1) is 16.5. The number of hydrogen-bond donors (Lipinski definition) is 1. The van der Waals surface area contributed by atoms with Crippen LogP contribution in [0.5, 0.6) is 0 Å². The molecule has 0 aliphatic carbocycles. The number of halogens is 1. The summed E-state index contributed by atoms with van der Waals surface area (Å²) in [5.41, 5.74) is 0.718. The summed E-state index contributed by atoms with van der Waals surface area (Å²) in [5.74, 6) is 0.000658. The lowest BCUT2D eigenvalue weighted by molar-refractivity contribution is -0.122. The molecule has 0 bridgehead atoms. The summed E-state index contributed by atoms with van der Waals surface area (Å²) in [5, 5.41) is 7.63. The van der Waals surface area contributed by atoms with Gasteiger partial charge >= 0.3 is 0 Å². The highest BCUT2D eigenvalue weighted by atomic mass is 35.5. The van der Waals surface area contributed by atoms with Gasteiger partial charge in [0.25, 0.3) is 0 Å². The Bertz CT molecular complexity index is 771. The maximum Gasteiger partial charge on any atom is 0.230 e. The first-order valence-corrected chi connectivity index (χ1v) is 8.24. The first-order valence-electron chi connectivity index (χ1n) is 7.86. The van der Waals surface area contributed by atoms with Crippen molar-refractivity contribution in [3.63, 3.8) is 0 Å². The second-order valence-electron chi connectivity index (χ2n) is 6.13. The predicted molar refractivity (Wildman–Crippen MR) is 93.2 cm³/mol. The van der Waals surface area contributed by atoms with E-state index >= 15 is 0 Å². The molecule has 1 N–H and O–H groups in total.